The number of likely N-dealkylation sites (tertiary alicyclic amines) is 1. The summed E-state index contributed by atoms with van der Waals surface area (Å²) in [5.41, 5.74) is 0.901. The van der Waals surface area contributed by atoms with Gasteiger partial charge in [0.15, 0.2) is 0 Å². The number of unbranched alkanes of at least 4 members (excludes halogenated alkanes) is 1. The highest BCUT2D eigenvalue weighted by molar-refractivity contribution is 5.98. The van der Waals surface area contributed by atoms with Gasteiger partial charge in [-0.05, 0) is 31.4 Å². The Balaban J connectivity index is 2.09. The molecule has 114 valence electrons. The van der Waals surface area contributed by atoms with E-state index in [1.165, 1.54) is 0 Å². The second kappa shape index (κ2) is 7.20. The molecule has 2 heterocycles. The summed E-state index contributed by atoms with van der Waals surface area (Å²) in [6.07, 6.45) is 5.66. The van der Waals surface area contributed by atoms with E-state index in [1.807, 2.05) is 0 Å². The van der Waals surface area contributed by atoms with E-state index in [-0.39, 0.29) is 11.8 Å². The lowest BCUT2D eigenvalue weighted by Gasteiger charge is -2.18. The van der Waals surface area contributed by atoms with Crippen LogP contribution in [0.15, 0.2) is 18.3 Å². The number of hydrogen-bond donors (Lipinski definition) is 0. The summed E-state index contributed by atoms with van der Waals surface area (Å²) in [6, 6.07) is 3.29. The van der Waals surface area contributed by atoms with Gasteiger partial charge in [0.05, 0.1) is 0 Å². The first kappa shape index (κ1) is 15.5. The quantitative estimate of drug-likeness (QED) is 0.835. The van der Waals surface area contributed by atoms with Gasteiger partial charge in [-0.15, -0.1) is 0 Å². The van der Waals surface area contributed by atoms with E-state index in [0.717, 1.165) is 45.3 Å². The minimum atomic E-state index is -0.0710. The lowest BCUT2D eigenvalue weighted by molar-refractivity contribution is 0.0786. The minimum Gasteiger partial charge on any atom is -0.342 e. The van der Waals surface area contributed by atoms with Crippen LogP contribution in [0.3, 0.4) is 0 Å². The highest BCUT2D eigenvalue weighted by Gasteiger charge is 2.21. The maximum Gasteiger partial charge on any atom is 0.272 e. The van der Waals surface area contributed by atoms with E-state index in [9.17, 15) is 9.59 Å². The van der Waals surface area contributed by atoms with E-state index in [0.29, 0.717) is 11.3 Å². The SMILES string of the molecule is CCCCN(C)C(=O)c1ccnc(C(=O)N2CCCC2)c1. The maximum absolute atomic E-state index is 12.3. The minimum absolute atomic E-state index is 0.0543. The van der Waals surface area contributed by atoms with Crippen molar-refractivity contribution in [1.82, 2.24) is 14.8 Å². The molecule has 21 heavy (non-hydrogen) atoms. The van der Waals surface area contributed by atoms with Gasteiger partial charge in [0.25, 0.3) is 11.8 Å². The molecule has 2 rings (SSSR count). The number of carbonyl (C=O) groups is 2. The molecule has 0 unspecified atom stereocenters. The molecule has 0 saturated carbocycles. The third kappa shape index (κ3) is 3.80. The molecule has 5 nitrogen and oxygen atoms in total. The number of rotatable bonds is 5. The Morgan fingerprint density at radius 2 is 2.05 bits per heavy atom. The molecule has 1 aromatic heterocycles. The Kier molecular flexibility index (Phi) is 5.31. The predicted molar refractivity (Wildman–Crippen MR) is 81.2 cm³/mol. The van der Waals surface area contributed by atoms with Crippen LogP contribution >= 0.6 is 0 Å². The lowest BCUT2D eigenvalue weighted by Crippen LogP contribution is -2.30. The summed E-state index contributed by atoms with van der Waals surface area (Å²) in [5.74, 6) is -0.125. The molecule has 2 amide bonds. The molecule has 1 aliphatic rings. The van der Waals surface area contributed by atoms with Crippen molar-refractivity contribution in [3.05, 3.63) is 29.6 Å². The Morgan fingerprint density at radius 1 is 1.33 bits per heavy atom. The molecule has 0 spiro atoms. The molecular weight excluding hydrogens is 266 g/mol. The third-order valence-electron chi connectivity index (χ3n) is 3.81. The molecule has 0 atom stereocenters. The number of pyridine rings is 1. The summed E-state index contributed by atoms with van der Waals surface area (Å²) in [4.78, 5) is 32.2. The molecular formula is C16H23N3O2. The molecule has 0 N–H and O–H groups in total. The maximum atomic E-state index is 12.3. The van der Waals surface area contributed by atoms with Gasteiger partial charge in [-0.3, -0.25) is 14.6 Å². The van der Waals surface area contributed by atoms with Crippen molar-refractivity contribution in [2.24, 2.45) is 0 Å². The van der Waals surface area contributed by atoms with Crippen LogP contribution in [0.1, 0.15) is 53.5 Å². The van der Waals surface area contributed by atoms with Gasteiger partial charge in [0, 0.05) is 38.4 Å². The van der Waals surface area contributed by atoms with Gasteiger partial charge < -0.3 is 9.80 Å². The molecule has 0 bridgehead atoms. The van der Waals surface area contributed by atoms with Gasteiger partial charge in [0.2, 0.25) is 0 Å². The average Bonchev–Trinajstić information content (AvgIpc) is 3.05. The summed E-state index contributed by atoms with van der Waals surface area (Å²) >= 11 is 0. The van der Waals surface area contributed by atoms with E-state index in [2.05, 4.69) is 11.9 Å². The second-order valence-corrected chi connectivity index (χ2v) is 5.51. The van der Waals surface area contributed by atoms with Crippen LogP contribution in [0, 0.1) is 0 Å². The van der Waals surface area contributed by atoms with Crippen LogP contribution in [-0.4, -0.2) is 53.3 Å². The Labute approximate surface area is 126 Å². The fourth-order valence-corrected chi connectivity index (χ4v) is 2.48. The predicted octanol–water partition coefficient (Wildman–Crippen LogP) is 2.19. The number of amides is 2. The zero-order valence-corrected chi connectivity index (χ0v) is 12.8. The van der Waals surface area contributed by atoms with Crippen LogP contribution in [0.2, 0.25) is 0 Å². The van der Waals surface area contributed by atoms with E-state index in [4.69, 9.17) is 0 Å². The number of nitrogens with zero attached hydrogens (tertiary/aromatic N) is 3. The molecule has 5 heteroatoms. The molecule has 0 aliphatic carbocycles. The summed E-state index contributed by atoms with van der Waals surface area (Å²) < 4.78 is 0. The van der Waals surface area contributed by atoms with Crippen molar-refractivity contribution in [2.75, 3.05) is 26.7 Å². The van der Waals surface area contributed by atoms with Crippen molar-refractivity contribution < 1.29 is 9.59 Å². The van der Waals surface area contributed by atoms with Gasteiger partial charge in [-0.2, -0.15) is 0 Å². The summed E-state index contributed by atoms with van der Waals surface area (Å²) in [5, 5.41) is 0. The first-order valence-corrected chi connectivity index (χ1v) is 7.64. The molecule has 0 radical (unpaired) electrons. The largest absolute Gasteiger partial charge is 0.342 e. The van der Waals surface area contributed by atoms with Crippen molar-refractivity contribution in [2.45, 2.75) is 32.6 Å². The van der Waals surface area contributed by atoms with Crippen molar-refractivity contribution in [1.29, 1.82) is 0 Å². The van der Waals surface area contributed by atoms with E-state index >= 15 is 0 Å². The van der Waals surface area contributed by atoms with Crippen molar-refractivity contribution in [3.8, 4) is 0 Å². The van der Waals surface area contributed by atoms with Crippen LogP contribution in [0.25, 0.3) is 0 Å². The molecule has 1 aromatic rings. The highest BCUT2D eigenvalue weighted by atomic mass is 16.2. The van der Waals surface area contributed by atoms with Crippen LogP contribution < -0.4 is 0 Å². The van der Waals surface area contributed by atoms with Gasteiger partial charge in [0.1, 0.15) is 5.69 Å². The topological polar surface area (TPSA) is 53.5 Å². The number of aromatic nitrogens is 1. The number of carbonyl (C=O) groups excluding carboxylic acids is 2. The number of hydrogen-bond acceptors (Lipinski definition) is 3. The molecule has 1 saturated heterocycles. The zero-order chi connectivity index (χ0) is 15.2. The van der Waals surface area contributed by atoms with Crippen molar-refractivity contribution in [3.63, 3.8) is 0 Å². The standard InChI is InChI=1S/C16H23N3O2/c1-3-4-9-18(2)15(20)13-7-8-17-14(12-13)16(21)19-10-5-6-11-19/h7-8,12H,3-6,9-11H2,1-2H3. The smallest absolute Gasteiger partial charge is 0.272 e. The Morgan fingerprint density at radius 3 is 2.71 bits per heavy atom. The monoisotopic (exact) mass is 289 g/mol. The zero-order valence-electron chi connectivity index (χ0n) is 12.8. The van der Waals surface area contributed by atoms with Gasteiger partial charge >= 0.3 is 0 Å². The summed E-state index contributed by atoms with van der Waals surface area (Å²) in [7, 11) is 1.79. The third-order valence-corrected chi connectivity index (χ3v) is 3.81. The first-order valence-electron chi connectivity index (χ1n) is 7.64. The molecule has 1 aliphatic heterocycles. The van der Waals surface area contributed by atoms with E-state index < -0.39 is 0 Å². The average molecular weight is 289 g/mol. The Hall–Kier alpha value is -1.91. The summed E-state index contributed by atoms with van der Waals surface area (Å²) in [6.45, 7) is 4.40. The van der Waals surface area contributed by atoms with Gasteiger partial charge in [-0.1, -0.05) is 13.3 Å². The van der Waals surface area contributed by atoms with Crippen LogP contribution in [0.4, 0.5) is 0 Å². The van der Waals surface area contributed by atoms with E-state index in [1.54, 1.807) is 35.2 Å². The van der Waals surface area contributed by atoms with Crippen LogP contribution in [-0.2, 0) is 0 Å². The highest BCUT2D eigenvalue weighted by Crippen LogP contribution is 2.13. The van der Waals surface area contributed by atoms with Gasteiger partial charge in [-0.25, -0.2) is 0 Å². The lowest BCUT2D eigenvalue weighted by atomic mass is 10.2. The molecule has 0 aromatic carbocycles. The van der Waals surface area contributed by atoms with Crippen molar-refractivity contribution >= 4 is 11.8 Å². The molecule has 1 fully saturated rings. The fraction of sp³-hybridized carbons (Fsp3) is 0.562. The fourth-order valence-electron chi connectivity index (χ4n) is 2.48. The van der Waals surface area contributed by atoms with Crippen LogP contribution in [0.5, 0.6) is 0 Å². The normalized spacial score (nSPS) is 14.3. The first-order chi connectivity index (χ1) is 10.1. The Bertz CT molecular complexity index is 510. The second-order valence-electron chi connectivity index (χ2n) is 5.51.